The van der Waals surface area contributed by atoms with Crippen LogP contribution in [0, 0.1) is 6.92 Å². The van der Waals surface area contributed by atoms with Gasteiger partial charge in [-0.3, -0.25) is 4.79 Å². The van der Waals surface area contributed by atoms with E-state index in [0.29, 0.717) is 19.7 Å². The summed E-state index contributed by atoms with van der Waals surface area (Å²) >= 11 is 0. The van der Waals surface area contributed by atoms with Crippen LogP contribution in [0.5, 0.6) is 0 Å². The zero-order valence-electron chi connectivity index (χ0n) is 14.1. The first-order valence-corrected chi connectivity index (χ1v) is 8.03. The number of methoxy groups -OCH3 is 1. The quantitative estimate of drug-likeness (QED) is 0.745. The van der Waals surface area contributed by atoms with Crippen molar-refractivity contribution in [2.24, 2.45) is 0 Å². The van der Waals surface area contributed by atoms with Crippen LogP contribution in [-0.4, -0.2) is 31.1 Å². The van der Waals surface area contributed by atoms with Gasteiger partial charge in [0.25, 0.3) is 0 Å². The minimum atomic E-state index is -0.135. The fourth-order valence-electron chi connectivity index (χ4n) is 2.69. The Morgan fingerprint density at radius 1 is 1.22 bits per heavy atom. The van der Waals surface area contributed by atoms with E-state index < -0.39 is 0 Å². The Morgan fingerprint density at radius 3 is 2.52 bits per heavy atom. The van der Waals surface area contributed by atoms with Crippen LogP contribution in [0.1, 0.15) is 36.3 Å². The van der Waals surface area contributed by atoms with Gasteiger partial charge in [-0.25, -0.2) is 0 Å². The van der Waals surface area contributed by atoms with Gasteiger partial charge in [0.05, 0.1) is 19.1 Å². The van der Waals surface area contributed by atoms with Crippen LogP contribution >= 0.6 is 0 Å². The summed E-state index contributed by atoms with van der Waals surface area (Å²) < 4.78 is 10.8. The number of hydrogen-bond donors (Lipinski definition) is 0. The van der Waals surface area contributed by atoms with E-state index >= 15 is 0 Å². The monoisotopic (exact) mass is 315 g/mol. The molecule has 0 aliphatic heterocycles. The molecule has 0 aliphatic carbocycles. The summed E-state index contributed by atoms with van der Waals surface area (Å²) in [4.78, 5) is 14.8. The molecule has 0 aliphatic rings. The Bertz CT molecular complexity index is 606. The standard InChI is InChI=1S/C19H25NO3/c1-4-18(16-8-6-5-7-9-16)19(21)20(12-13-22-3)14-17-11-10-15(2)23-17/h5-11,18H,4,12-14H2,1-3H3. The highest BCUT2D eigenvalue weighted by Gasteiger charge is 2.25. The van der Waals surface area contributed by atoms with E-state index in [1.165, 1.54) is 0 Å². The van der Waals surface area contributed by atoms with Crippen LogP contribution < -0.4 is 0 Å². The zero-order chi connectivity index (χ0) is 16.7. The second kappa shape index (κ2) is 8.53. The van der Waals surface area contributed by atoms with E-state index in [1.54, 1.807) is 7.11 Å². The number of carbonyl (C=O) groups is 1. The Kier molecular flexibility index (Phi) is 6.41. The van der Waals surface area contributed by atoms with Crippen molar-refractivity contribution in [3.63, 3.8) is 0 Å². The number of furan rings is 1. The summed E-state index contributed by atoms with van der Waals surface area (Å²) in [5.41, 5.74) is 1.05. The number of benzene rings is 1. The molecule has 4 nitrogen and oxygen atoms in total. The van der Waals surface area contributed by atoms with E-state index in [0.717, 1.165) is 23.5 Å². The number of carbonyl (C=O) groups excluding carboxylic acids is 1. The van der Waals surface area contributed by atoms with Gasteiger partial charge in [0.2, 0.25) is 5.91 Å². The molecule has 23 heavy (non-hydrogen) atoms. The Labute approximate surface area is 138 Å². The largest absolute Gasteiger partial charge is 0.464 e. The third-order valence-corrected chi connectivity index (χ3v) is 3.93. The number of rotatable bonds is 8. The summed E-state index contributed by atoms with van der Waals surface area (Å²) in [6.07, 6.45) is 0.767. The average molecular weight is 315 g/mol. The van der Waals surface area contributed by atoms with Gasteiger partial charge in [-0.15, -0.1) is 0 Å². The molecule has 0 saturated heterocycles. The Hall–Kier alpha value is -2.07. The first-order chi connectivity index (χ1) is 11.2. The van der Waals surface area contributed by atoms with E-state index in [-0.39, 0.29) is 11.8 Å². The fourth-order valence-corrected chi connectivity index (χ4v) is 2.69. The van der Waals surface area contributed by atoms with Gasteiger partial charge in [0.15, 0.2) is 0 Å². The number of hydrogen-bond acceptors (Lipinski definition) is 3. The van der Waals surface area contributed by atoms with Gasteiger partial charge in [-0.1, -0.05) is 37.3 Å². The molecule has 2 rings (SSSR count). The predicted octanol–water partition coefficient (Wildman–Crippen LogP) is 3.76. The van der Waals surface area contributed by atoms with Gasteiger partial charge in [-0.2, -0.15) is 0 Å². The highest BCUT2D eigenvalue weighted by Crippen LogP contribution is 2.23. The predicted molar refractivity (Wildman–Crippen MR) is 90.2 cm³/mol. The van der Waals surface area contributed by atoms with Crippen LogP contribution in [0.2, 0.25) is 0 Å². The minimum Gasteiger partial charge on any atom is -0.464 e. The molecule has 0 fully saturated rings. The molecule has 0 spiro atoms. The lowest BCUT2D eigenvalue weighted by Crippen LogP contribution is -2.36. The maximum Gasteiger partial charge on any atom is 0.230 e. The van der Waals surface area contributed by atoms with E-state index in [2.05, 4.69) is 0 Å². The molecular weight excluding hydrogens is 290 g/mol. The lowest BCUT2D eigenvalue weighted by molar-refractivity contribution is -0.134. The summed E-state index contributed by atoms with van der Waals surface area (Å²) in [6.45, 7) is 5.49. The molecule has 1 aromatic carbocycles. The maximum atomic E-state index is 13.0. The molecule has 1 atom stereocenters. The molecule has 1 aromatic heterocycles. The van der Waals surface area contributed by atoms with Crippen molar-refractivity contribution in [2.45, 2.75) is 32.7 Å². The van der Waals surface area contributed by atoms with Gasteiger partial charge in [0.1, 0.15) is 11.5 Å². The first kappa shape index (κ1) is 17.3. The number of ether oxygens (including phenoxy) is 1. The maximum absolute atomic E-state index is 13.0. The summed E-state index contributed by atoms with van der Waals surface area (Å²) in [7, 11) is 1.65. The van der Waals surface area contributed by atoms with Crippen molar-refractivity contribution in [3.8, 4) is 0 Å². The molecule has 0 N–H and O–H groups in total. The highest BCUT2D eigenvalue weighted by molar-refractivity contribution is 5.83. The van der Waals surface area contributed by atoms with E-state index in [9.17, 15) is 4.79 Å². The SMILES string of the molecule is CCC(C(=O)N(CCOC)Cc1ccc(C)o1)c1ccccc1. The molecule has 2 aromatic rings. The smallest absolute Gasteiger partial charge is 0.230 e. The lowest BCUT2D eigenvalue weighted by atomic mass is 9.95. The van der Waals surface area contributed by atoms with Crippen molar-refractivity contribution in [2.75, 3.05) is 20.3 Å². The number of nitrogens with zero attached hydrogens (tertiary/aromatic N) is 1. The summed E-state index contributed by atoms with van der Waals surface area (Å²) in [5, 5.41) is 0. The van der Waals surface area contributed by atoms with E-state index in [1.807, 2.05) is 61.2 Å². The Morgan fingerprint density at radius 2 is 1.96 bits per heavy atom. The van der Waals surface area contributed by atoms with Crippen LogP contribution in [-0.2, 0) is 16.1 Å². The third kappa shape index (κ3) is 4.70. The van der Waals surface area contributed by atoms with Crippen molar-refractivity contribution in [1.29, 1.82) is 0 Å². The minimum absolute atomic E-state index is 0.116. The summed E-state index contributed by atoms with van der Waals surface area (Å²) in [6, 6.07) is 13.8. The number of aryl methyl sites for hydroxylation is 1. The normalized spacial score (nSPS) is 12.1. The molecule has 0 radical (unpaired) electrons. The molecule has 1 heterocycles. The van der Waals surface area contributed by atoms with Crippen molar-refractivity contribution in [1.82, 2.24) is 4.90 Å². The lowest BCUT2D eigenvalue weighted by Gasteiger charge is -2.26. The molecule has 1 unspecified atom stereocenters. The fraction of sp³-hybridized carbons (Fsp3) is 0.421. The molecular formula is C19H25NO3. The van der Waals surface area contributed by atoms with Crippen LogP contribution in [0.25, 0.3) is 0 Å². The van der Waals surface area contributed by atoms with Crippen LogP contribution in [0.15, 0.2) is 46.9 Å². The van der Waals surface area contributed by atoms with Crippen LogP contribution in [0.4, 0.5) is 0 Å². The molecule has 0 bridgehead atoms. The molecule has 124 valence electrons. The van der Waals surface area contributed by atoms with Crippen molar-refractivity contribution < 1.29 is 13.9 Å². The summed E-state index contributed by atoms with van der Waals surface area (Å²) in [5.74, 6) is 1.64. The van der Waals surface area contributed by atoms with Crippen molar-refractivity contribution >= 4 is 5.91 Å². The first-order valence-electron chi connectivity index (χ1n) is 8.03. The molecule has 4 heteroatoms. The Balaban J connectivity index is 2.17. The average Bonchev–Trinajstić information content (AvgIpc) is 2.98. The van der Waals surface area contributed by atoms with Gasteiger partial charge in [0, 0.05) is 13.7 Å². The second-order valence-electron chi connectivity index (χ2n) is 5.64. The second-order valence-corrected chi connectivity index (χ2v) is 5.64. The molecule has 0 saturated carbocycles. The third-order valence-electron chi connectivity index (χ3n) is 3.93. The van der Waals surface area contributed by atoms with Crippen LogP contribution in [0.3, 0.4) is 0 Å². The zero-order valence-corrected chi connectivity index (χ0v) is 14.1. The van der Waals surface area contributed by atoms with Crippen molar-refractivity contribution in [3.05, 3.63) is 59.5 Å². The number of amides is 1. The topological polar surface area (TPSA) is 42.7 Å². The van der Waals surface area contributed by atoms with Gasteiger partial charge in [-0.05, 0) is 31.0 Å². The van der Waals surface area contributed by atoms with Gasteiger partial charge >= 0.3 is 0 Å². The highest BCUT2D eigenvalue weighted by atomic mass is 16.5. The van der Waals surface area contributed by atoms with Gasteiger partial charge < -0.3 is 14.1 Å². The van der Waals surface area contributed by atoms with E-state index in [4.69, 9.17) is 9.15 Å². The molecule has 1 amide bonds.